The summed E-state index contributed by atoms with van der Waals surface area (Å²) in [7, 11) is 0. The molecule has 1 saturated heterocycles. The fraction of sp³-hybridized carbons (Fsp3) is 0.611. The number of benzene rings is 1. The summed E-state index contributed by atoms with van der Waals surface area (Å²) in [5.74, 6) is 0.416. The normalized spacial score (nSPS) is 20.2. The Kier molecular flexibility index (Phi) is 11.9. The van der Waals surface area contributed by atoms with Crippen LogP contribution in [0, 0.1) is 5.92 Å². The fourth-order valence-electron chi connectivity index (χ4n) is 3.12. The topological polar surface area (TPSA) is 67.6 Å². The summed E-state index contributed by atoms with van der Waals surface area (Å²) < 4.78 is 5.39. The average Bonchev–Trinajstić information content (AvgIpc) is 2.54. The number of nitrogens with zero attached hydrogens (tertiary/aromatic N) is 1. The van der Waals surface area contributed by atoms with E-state index in [4.69, 9.17) is 10.5 Å². The molecule has 0 spiro atoms. The Morgan fingerprint density at radius 1 is 1.40 bits per heavy atom. The van der Waals surface area contributed by atoms with E-state index in [1.807, 2.05) is 13.0 Å². The zero-order chi connectivity index (χ0) is 16.7. The molecule has 0 radical (unpaired) electrons. The molecule has 2 rings (SSSR count). The zero-order valence-corrected chi connectivity index (χ0v) is 16.7. The van der Waals surface area contributed by atoms with Crippen LogP contribution >= 0.6 is 24.8 Å². The largest absolute Gasteiger partial charge is 0.399 e. The summed E-state index contributed by atoms with van der Waals surface area (Å²) in [5, 5.41) is 3.16. The molecule has 144 valence electrons. The Bertz CT molecular complexity index is 517. The van der Waals surface area contributed by atoms with E-state index in [1.54, 1.807) is 18.2 Å². The predicted octanol–water partition coefficient (Wildman–Crippen LogP) is 2.98. The molecule has 1 aromatic carbocycles. The van der Waals surface area contributed by atoms with Crippen molar-refractivity contribution in [3.63, 3.8) is 0 Å². The van der Waals surface area contributed by atoms with Crippen LogP contribution < -0.4 is 11.1 Å². The molecule has 2 atom stereocenters. The number of nitrogens with one attached hydrogen (secondary N) is 1. The molecule has 0 aromatic heterocycles. The van der Waals surface area contributed by atoms with Crippen molar-refractivity contribution in [1.82, 2.24) is 10.2 Å². The van der Waals surface area contributed by atoms with Gasteiger partial charge in [-0.15, -0.1) is 24.8 Å². The van der Waals surface area contributed by atoms with Crippen molar-refractivity contribution in [3.8, 4) is 0 Å². The number of likely N-dealkylation sites (tertiary alicyclic amines) is 1. The van der Waals surface area contributed by atoms with Crippen molar-refractivity contribution in [3.05, 3.63) is 29.8 Å². The molecule has 1 amide bonds. The second-order valence-electron chi connectivity index (χ2n) is 6.32. The van der Waals surface area contributed by atoms with Gasteiger partial charge in [0.05, 0.1) is 0 Å². The molecule has 7 heteroatoms. The van der Waals surface area contributed by atoms with Crippen molar-refractivity contribution in [2.24, 2.45) is 5.92 Å². The van der Waals surface area contributed by atoms with Crippen molar-refractivity contribution in [2.45, 2.75) is 32.7 Å². The molecule has 1 aliphatic heterocycles. The van der Waals surface area contributed by atoms with Gasteiger partial charge in [-0.2, -0.15) is 0 Å². The van der Waals surface area contributed by atoms with E-state index in [-0.39, 0.29) is 36.8 Å². The van der Waals surface area contributed by atoms with Crippen LogP contribution in [0.2, 0.25) is 0 Å². The number of piperidine rings is 1. The van der Waals surface area contributed by atoms with Crippen LogP contribution in [0.5, 0.6) is 0 Å². The van der Waals surface area contributed by atoms with E-state index in [2.05, 4.69) is 17.1 Å². The summed E-state index contributed by atoms with van der Waals surface area (Å²) in [6.45, 7) is 8.97. The monoisotopic (exact) mass is 391 g/mol. The van der Waals surface area contributed by atoms with E-state index in [0.29, 0.717) is 17.2 Å². The Labute approximate surface area is 163 Å². The van der Waals surface area contributed by atoms with Crippen LogP contribution in [0.4, 0.5) is 5.69 Å². The molecule has 1 heterocycles. The van der Waals surface area contributed by atoms with Gasteiger partial charge < -0.3 is 20.7 Å². The number of ether oxygens (including phenoxy) is 1. The van der Waals surface area contributed by atoms with E-state index in [1.165, 1.54) is 0 Å². The van der Waals surface area contributed by atoms with Gasteiger partial charge in [0, 0.05) is 50.1 Å². The van der Waals surface area contributed by atoms with Crippen molar-refractivity contribution >= 4 is 36.4 Å². The number of rotatable bonds is 7. The maximum absolute atomic E-state index is 12.3. The van der Waals surface area contributed by atoms with Gasteiger partial charge in [0.2, 0.25) is 0 Å². The van der Waals surface area contributed by atoms with Crippen LogP contribution in [-0.4, -0.2) is 49.7 Å². The quantitative estimate of drug-likeness (QED) is 0.553. The van der Waals surface area contributed by atoms with Crippen LogP contribution in [0.1, 0.15) is 37.0 Å². The second kappa shape index (κ2) is 12.4. The Hall–Kier alpha value is -1.01. The van der Waals surface area contributed by atoms with E-state index in [9.17, 15) is 4.79 Å². The number of halogens is 2. The summed E-state index contributed by atoms with van der Waals surface area (Å²) >= 11 is 0. The summed E-state index contributed by atoms with van der Waals surface area (Å²) in [4.78, 5) is 14.8. The first-order valence-corrected chi connectivity index (χ1v) is 8.56. The number of nitrogen functional groups attached to an aromatic ring is 1. The summed E-state index contributed by atoms with van der Waals surface area (Å²) in [6, 6.07) is 7.36. The van der Waals surface area contributed by atoms with E-state index >= 15 is 0 Å². The molecule has 1 aliphatic rings. The fourth-order valence-corrected chi connectivity index (χ4v) is 3.12. The standard InChI is InChI=1S/C18H29N3O2.2ClH/c1-3-23-11-5-9-21-10-8-17(14(2)13-21)20-18(22)15-6-4-7-16(19)12-15;;/h4,6-7,12,14,17H,3,5,8-11,13,19H2,1-2H3,(H,20,22);2*1H. The van der Waals surface area contributed by atoms with Crippen molar-refractivity contribution < 1.29 is 9.53 Å². The second-order valence-corrected chi connectivity index (χ2v) is 6.32. The minimum Gasteiger partial charge on any atom is -0.399 e. The van der Waals surface area contributed by atoms with Gasteiger partial charge in [-0.3, -0.25) is 4.79 Å². The third-order valence-corrected chi connectivity index (χ3v) is 4.42. The minimum atomic E-state index is -0.0288. The highest BCUT2D eigenvalue weighted by molar-refractivity contribution is 5.95. The lowest BCUT2D eigenvalue weighted by atomic mass is 9.93. The van der Waals surface area contributed by atoms with Crippen molar-refractivity contribution in [2.75, 3.05) is 38.6 Å². The van der Waals surface area contributed by atoms with E-state index < -0.39 is 0 Å². The third-order valence-electron chi connectivity index (χ3n) is 4.42. The first-order valence-electron chi connectivity index (χ1n) is 8.56. The van der Waals surface area contributed by atoms with Crippen molar-refractivity contribution in [1.29, 1.82) is 0 Å². The molecule has 1 fully saturated rings. The first kappa shape index (κ1) is 24.0. The minimum absolute atomic E-state index is 0. The average molecular weight is 392 g/mol. The highest BCUT2D eigenvalue weighted by Crippen LogP contribution is 2.18. The van der Waals surface area contributed by atoms with E-state index in [0.717, 1.165) is 45.7 Å². The number of carbonyl (C=O) groups is 1. The molecule has 2 unspecified atom stereocenters. The SMILES string of the molecule is CCOCCCN1CCC(NC(=O)c2cccc(N)c2)C(C)C1.Cl.Cl. The number of hydrogen-bond acceptors (Lipinski definition) is 4. The number of nitrogens with two attached hydrogens (primary N) is 1. The predicted molar refractivity (Wildman–Crippen MR) is 108 cm³/mol. The first-order chi connectivity index (χ1) is 11.1. The molecule has 0 bridgehead atoms. The number of amides is 1. The third kappa shape index (κ3) is 7.82. The highest BCUT2D eigenvalue weighted by atomic mass is 35.5. The maximum Gasteiger partial charge on any atom is 0.251 e. The molecule has 5 nitrogen and oxygen atoms in total. The Morgan fingerprint density at radius 2 is 2.16 bits per heavy atom. The number of hydrogen-bond donors (Lipinski definition) is 2. The smallest absolute Gasteiger partial charge is 0.251 e. The highest BCUT2D eigenvalue weighted by Gasteiger charge is 2.27. The lowest BCUT2D eigenvalue weighted by Crippen LogP contribution is -2.50. The van der Waals surface area contributed by atoms with Crippen LogP contribution in [0.25, 0.3) is 0 Å². The number of anilines is 1. The molecular weight excluding hydrogens is 361 g/mol. The lowest BCUT2D eigenvalue weighted by molar-refractivity contribution is 0.0843. The molecule has 1 aromatic rings. The number of carbonyl (C=O) groups excluding carboxylic acids is 1. The Balaban J connectivity index is 0.00000288. The molecule has 0 saturated carbocycles. The van der Waals surface area contributed by atoms with Gasteiger partial charge in [-0.25, -0.2) is 0 Å². The van der Waals surface area contributed by atoms with Crippen LogP contribution in [-0.2, 0) is 4.74 Å². The van der Waals surface area contributed by atoms with Gasteiger partial charge >= 0.3 is 0 Å². The molecule has 25 heavy (non-hydrogen) atoms. The van der Waals surface area contributed by atoms with Gasteiger partial charge in [0.1, 0.15) is 0 Å². The molecule has 3 N–H and O–H groups in total. The van der Waals surface area contributed by atoms with Crippen LogP contribution in [0.15, 0.2) is 24.3 Å². The molecular formula is C18H31Cl2N3O2. The van der Waals surface area contributed by atoms with Gasteiger partial charge in [0.25, 0.3) is 5.91 Å². The maximum atomic E-state index is 12.3. The molecule has 0 aliphatic carbocycles. The lowest BCUT2D eigenvalue weighted by Gasteiger charge is -2.37. The summed E-state index contributed by atoms with van der Waals surface area (Å²) in [6.07, 6.45) is 2.06. The van der Waals surface area contributed by atoms with Gasteiger partial charge in [-0.1, -0.05) is 13.0 Å². The van der Waals surface area contributed by atoms with Crippen LogP contribution in [0.3, 0.4) is 0 Å². The van der Waals surface area contributed by atoms with Gasteiger partial charge in [0.15, 0.2) is 0 Å². The zero-order valence-electron chi connectivity index (χ0n) is 15.1. The Morgan fingerprint density at radius 3 is 2.80 bits per heavy atom. The van der Waals surface area contributed by atoms with Gasteiger partial charge in [-0.05, 0) is 43.9 Å². The summed E-state index contributed by atoms with van der Waals surface area (Å²) in [5.41, 5.74) is 7.00.